The summed E-state index contributed by atoms with van der Waals surface area (Å²) in [5.41, 5.74) is 5.20. The van der Waals surface area contributed by atoms with E-state index in [0.717, 1.165) is 82.7 Å². The van der Waals surface area contributed by atoms with Gasteiger partial charge in [0.05, 0.1) is 42.3 Å². The number of alkyl carbamates (subject to hydrolysis) is 1. The van der Waals surface area contributed by atoms with Gasteiger partial charge in [0.15, 0.2) is 5.65 Å². The Balaban J connectivity index is 0.00000210. The van der Waals surface area contributed by atoms with E-state index in [1.165, 1.54) is 7.11 Å². The lowest BCUT2D eigenvalue weighted by Gasteiger charge is -2.30. The molecule has 3 aromatic heterocycles. The van der Waals surface area contributed by atoms with E-state index in [9.17, 15) is 14.4 Å². The Labute approximate surface area is 356 Å². The number of aromatic amines is 2. The molecule has 56 heavy (non-hydrogen) atoms. The minimum atomic E-state index is -0.681. The van der Waals surface area contributed by atoms with E-state index in [-0.39, 0.29) is 95.6 Å². The Morgan fingerprint density at radius 2 is 1.36 bits per heavy atom. The number of imidazole rings is 2. The summed E-state index contributed by atoms with van der Waals surface area (Å²) in [6, 6.07) is 15.7. The van der Waals surface area contributed by atoms with Gasteiger partial charge in [-0.3, -0.25) is 9.59 Å². The lowest BCUT2D eigenvalue weighted by Crippen LogP contribution is -2.51. The highest BCUT2D eigenvalue weighted by atomic mass is 32.1. The standard InChI is InChI=1S/C40H48N8O4.4H2S/c1-22(2)24(5)38(49)47-17-8-10-33(47)37-43-30-16-15-29(42-35(30)46-37)27-13-11-26-20-28(14-12-25(26)19-27)31-21-41-36(44-31)32-9-7-18-48(32)39(50)34(23(3)4)45-40(51)52-6;;;;/h11-16,19-24,32-34H,7-10,17-18H2,1-6H3,(H,41,44)(H,45,51)(H,42,43,46);4*1H2/t24-,32-,33-,34-;;;;/m0..../s1. The van der Waals surface area contributed by atoms with Crippen molar-refractivity contribution in [2.75, 3.05) is 20.2 Å². The van der Waals surface area contributed by atoms with Crippen molar-refractivity contribution in [3.05, 3.63) is 66.4 Å². The smallest absolute Gasteiger partial charge is 0.407 e. The van der Waals surface area contributed by atoms with Crippen LogP contribution < -0.4 is 5.32 Å². The minimum absolute atomic E-state index is 0. The van der Waals surface area contributed by atoms with Gasteiger partial charge in [-0.25, -0.2) is 19.7 Å². The fraction of sp³-hybridized carbons (Fsp3) is 0.450. The number of aromatic nitrogens is 5. The SMILES string of the molecule is COC(=O)N[C@H](C(=O)N1CCC[C@H]1c1ncc(-c2ccc3cc(-c4ccc5[nH]c([C@@H]6CCCN6C(=O)[C@@H](C)C(C)C)nc5n4)ccc3c2)[nH]1)C(C)C.S.S.S.S. The average Bonchev–Trinajstić information content (AvgIpc) is 3.97. The zero-order valence-electron chi connectivity index (χ0n) is 32.8. The maximum Gasteiger partial charge on any atom is 0.407 e. The molecule has 12 nitrogen and oxygen atoms in total. The van der Waals surface area contributed by atoms with Crippen molar-refractivity contribution in [3.8, 4) is 22.5 Å². The van der Waals surface area contributed by atoms with Gasteiger partial charge in [-0.1, -0.05) is 58.9 Å². The zero-order valence-corrected chi connectivity index (χ0v) is 36.8. The Kier molecular flexibility index (Phi) is 16.2. The third kappa shape index (κ3) is 9.29. The molecule has 0 radical (unpaired) electrons. The summed E-state index contributed by atoms with van der Waals surface area (Å²) in [7, 11) is 1.30. The van der Waals surface area contributed by atoms with Gasteiger partial charge >= 0.3 is 6.09 Å². The molecule has 5 aromatic rings. The molecule has 5 heterocycles. The number of amides is 3. The van der Waals surface area contributed by atoms with Crippen molar-refractivity contribution in [1.29, 1.82) is 0 Å². The van der Waals surface area contributed by atoms with Gasteiger partial charge in [0, 0.05) is 30.1 Å². The number of pyridine rings is 1. The van der Waals surface area contributed by atoms with Crippen molar-refractivity contribution in [2.24, 2.45) is 17.8 Å². The van der Waals surface area contributed by atoms with Crippen LogP contribution in [0.4, 0.5) is 4.79 Å². The number of benzene rings is 2. The van der Waals surface area contributed by atoms with Crippen LogP contribution in [0, 0.1) is 17.8 Å². The first-order valence-electron chi connectivity index (χ1n) is 18.4. The van der Waals surface area contributed by atoms with Gasteiger partial charge in [0.25, 0.3) is 0 Å². The molecule has 3 amide bonds. The van der Waals surface area contributed by atoms with E-state index in [0.29, 0.717) is 12.2 Å². The highest BCUT2D eigenvalue weighted by molar-refractivity contribution is 7.59. The minimum Gasteiger partial charge on any atom is -0.453 e. The zero-order chi connectivity index (χ0) is 36.7. The number of carbonyl (C=O) groups is 3. The molecule has 0 saturated carbocycles. The van der Waals surface area contributed by atoms with Crippen LogP contribution in [0.2, 0.25) is 0 Å². The number of fused-ring (bicyclic) bond motifs is 2. The summed E-state index contributed by atoms with van der Waals surface area (Å²) < 4.78 is 4.76. The number of carbonyl (C=O) groups excluding carboxylic acids is 3. The largest absolute Gasteiger partial charge is 0.453 e. The highest BCUT2D eigenvalue weighted by Crippen LogP contribution is 2.36. The summed E-state index contributed by atoms with van der Waals surface area (Å²) in [5, 5.41) is 4.86. The molecule has 7 rings (SSSR count). The number of likely N-dealkylation sites (tertiary alicyclic amines) is 2. The van der Waals surface area contributed by atoms with E-state index >= 15 is 0 Å². The lowest BCUT2D eigenvalue weighted by molar-refractivity contribution is -0.137. The molecule has 2 fully saturated rings. The summed E-state index contributed by atoms with van der Waals surface area (Å²) in [5.74, 6) is 1.76. The number of nitrogens with one attached hydrogen (secondary N) is 3. The second kappa shape index (κ2) is 19.5. The molecule has 2 aliphatic rings. The molecule has 2 aliphatic heterocycles. The van der Waals surface area contributed by atoms with Gasteiger partial charge in [-0.15, -0.1) is 0 Å². The predicted octanol–water partition coefficient (Wildman–Crippen LogP) is 7.62. The van der Waals surface area contributed by atoms with Crippen molar-refractivity contribution in [2.45, 2.75) is 78.4 Å². The topological polar surface area (TPSA) is 149 Å². The molecule has 0 spiro atoms. The maximum atomic E-state index is 13.6. The van der Waals surface area contributed by atoms with Crippen LogP contribution >= 0.6 is 54.0 Å². The summed E-state index contributed by atoms with van der Waals surface area (Å²) in [6.45, 7) is 11.4. The summed E-state index contributed by atoms with van der Waals surface area (Å²) in [6.07, 6.45) is 4.71. The monoisotopic (exact) mass is 840 g/mol. The van der Waals surface area contributed by atoms with E-state index in [2.05, 4.69) is 65.5 Å². The number of rotatable bonds is 9. The van der Waals surface area contributed by atoms with Crippen molar-refractivity contribution < 1.29 is 19.1 Å². The number of methoxy groups -OCH3 is 1. The van der Waals surface area contributed by atoms with Crippen molar-refractivity contribution >= 4 is 93.8 Å². The molecule has 4 atom stereocenters. The molecule has 0 aliphatic carbocycles. The van der Waals surface area contributed by atoms with Crippen LogP contribution in [0.1, 0.15) is 84.0 Å². The van der Waals surface area contributed by atoms with Gasteiger partial charge in [0.2, 0.25) is 11.8 Å². The first-order valence-corrected chi connectivity index (χ1v) is 18.4. The second-order valence-corrected chi connectivity index (χ2v) is 14.9. The highest BCUT2D eigenvalue weighted by Gasteiger charge is 2.38. The number of nitrogens with zero attached hydrogens (tertiary/aromatic N) is 5. The first-order chi connectivity index (χ1) is 25.0. The summed E-state index contributed by atoms with van der Waals surface area (Å²) in [4.78, 5) is 64.0. The normalized spacial score (nSPS) is 17.5. The molecule has 2 aromatic carbocycles. The van der Waals surface area contributed by atoms with Crippen LogP contribution in [-0.4, -0.2) is 78.9 Å². The van der Waals surface area contributed by atoms with Crippen LogP contribution in [-0.2, 0) is 14.3 Å². The Hall–Kier alpha value is -3.86. The quantitative estimate of drug-likeness (QED) is 0.138. The van der Waals surface area contributed by atoms with E-state index in [1.807, 2.05) is 48.9 Å². The Bertz CT molecular complexity index is 2140. The van der Waals surface area contributed by atoms with Crippen LogP contribution in [0.25, 0.3) is 44.5 Å². The number of hydrogen-bond donors (Lipinski definition) is 3. The van der Waals surface area contributed by atoms with Crippen molar-refractivity contribution in [1.82, 2.24) is 40.0 Å². The van der Waals surface area contributed by atoms with Gasteiger partial charge in [-0.2, -0.15) is 54.0 Å². The molecular weight excluding hydrogens is 785 g/mol. The van der Waals surface area contributed by atoms with E-state index < -0.39 is 12.1 Å². The maximum absolute atomic E-state index is 13.6. The number of hydrogen-bond acceptors (Lipinski definition) is 7. The van der Waals surface area contributed by atoms with Crippen LogP contribution in [0.3, 0.4) is 0 Å². The third-order valence-electron chi connectivity index (χ3n) is 10.9. The third-order valence-corrected chi connectivity index (χ3v) is 10.9. The van der Waals surface area contributed by atoms with Crippen LogP contribution in [0.15, 0.2) is 54.7 Å². The van der Waals surface area contributed by atoms with Crippen LogP contribution in [0.5, 0.6) is 0 Å². The van der Waals surface area contributed by atoms with Crippen molar-refractivity contribution in [3.63, 3.8) is 0 Å². The number of ether oxygens (including phenoxy) is 1. The molecule has 0 bridgehead atoms. The molecule has 3 N–H and O–H groups in total. The molecule has 16 heteroatoms. The van der Waals surface area contributed by atoms with Gasteiger partial charge < -0.3 is 29.8 Å². The predicted molar refractivity (Wildman–Crippen MR) is 241 cm³/mol. The number of H-pyrrole nitrogens is 2. The first kappa shape index (κ1) is 46.5. The molecule has 0 unspecified atom stereocenters. The second-order valence-electron chi connectivity index (χ2n) is 14.9. The van der Waals surface area contributed by atoms with Gasteiger partial charge in [-0.05, 0) is 72.6 Å². The van der Waals surface area contributed by atoms with E-state index in [4.69, 9.17) is 19.7 Å². The lowest BCUT2D eigenvalue weighted by atomic mass is 9.96. The molecule has 2 saturated heterocycles. The molecule has 304 valence electrons. The fourth-order valence-corrected chi connectivity index (χ4v) is 7.51. The average molecular weight is 841 g/mol. The van der Waals surface area contributed by atoms with Gasteiger partial charge in [0.1, 0.15) is 17.7 Å². The summed E-state index contributed by atoms with van der Waals surface area (Å²) >= 11 is 0. The van der Waals surface area contributed by atoms with E-state index in [1.54, 1.807) is 0 Å². The Morgan fingerprint density at radius 3 is 1.98 bits per heavy atom. The fourth-order valence-electron chi connectivity index (χ4n) is 7.51. The molecular formula is C40H56N8O4S4. The Morgan fingerprint density at radius 1 is 0.750 bits per heavy atom.